The number of carbonyl (C=O) groups is 2. The molecule has 0 aliphatic carbocycles. The Bertz CT molecular complexity index is 630. The topological polar surface area (TPSA) is 82.1 Å². The molecule has 1 rings (SSSR count). The van der Waals surface area contributed by atoms with E-state index < -0.39 is 11.9 Å². The summed E-state index contributed by atoms with van der Waals surface area (Å²) in [5.41, 5.74) is 0.918. The molecule has 1 N–H and O–H groups in total. The molecule has 124 valence electrons. The van der Waals surface area contributed by atoms with Crippen molar-refractivity contribution in [2.75, 3.05) is 20.8 Å². The highest BCUT2D eigenvalue weighted by atomic mass is 16.5. The summed E-state index contributed by atoms with van der Waals surface area (Å²) in [7, 11) is 2.98. The molecule has 0 radical (unpaired) electrons. The van der Waals surface area contributed by atoms with Gasteiger partial charge in [-0.25, -0.2) is 9.59 Å². The van der Waals surface area contributed by atoms with Crippen LogP contribution in [0.4, 0.5) is 0 Å². The first kappa shape index (κ1) is 18.3. The smallest absolute Gasteiger partial charge is 0.333 e. The average Bonchev–Trinajstić information content (AvgIpc) is 2.52. The fourth-order valence-corrected chi connectivity index (χ4v) is 1.83. The predicted molar refractivity (Wildman–Crippen MR) is 85.5 cm³/mol. The largest absolute Gasteiger partial charge is 0.493 e. The molecule has 0 atom stereocenters. The molecule has 0 saturated heterocycles. The SMILES string of the molecule is C=C(C)C(=O)OCCC(=Cc1cccc(OC)c1OC)C(=O)O. The number of ether oxygens (including phenoxy) is 3. The maximum atomic E-state index is 11.4. The summed E-state index contributed by atoms with van der Waals surface area (Å²) in [4.78, 5) is 22.7. The van der Waals surface area contributed by atoms with Crippen molar-refractivity contribution in [1.82, 2.24) is 0 Å². The van der Waals surface area contributed by atoms with E-state index in [0.717, 1.165) is 0 Å². The fraction of sp³-hybridized carbons (Fsp3) is 0.294. The van der Waals surface area contributed by atoms with Crippen LogP contribution in [0.15, 0.2) is 35.9 Å². The standard InChI is InChI=1S/C17H20O6/c1-11(2)17(20)23-9-8-13(16(18)19)10-12-6-5-7-14(21-3)15(12)22-4/h5-7,10H,1,8-9H2,2-4H3,(H,18,19). The van der Waals surface area contributed by atoms with Gasteiger partial charge < -0.3 is 19.3 Å². The molecule has 0 fully saturated rings. The third kappa shape index (κ3) is 5.18. The summed E-state index contributed by atoms with van der Waals surface area (Å²) >= 11 is 0. The second kappa shape index (κ2) is 8.63. The number of methoxy groups -OCH3 is 2. The van der Waals surface area contributed by atoms with E-state index in [1.54, 1.807) is 18.2 Å². The summed E-state index contributed by atoms with van der Waals surface area (Å²) < 4.78 is 15.4. The Morgan fingerprint density at radius 2 is 1.96 bits per heavy atom. The summed E-state index contributed by atoms with van der Waals surface area (Å²) in [5.74, 6) is -0.706. The number of esters is 1. The van der Waals surface area contributed by atoms with Crippen LogP contribution in [0.2, 0.25) is 0 Å². The number of benzene rings is 1. The Morgan fingerprint density at radius 3 is 2.48 bits per heavy atom. The number of carbonyl (C=O) groups excluding carboxylic acids is 1. The van der Waals surface area contributed by atoms with Crippen molar-refractivity contribution < 1.29 is 28.9 Å². The molecule has 0 heterocycles. The summed E-state index contributed by atoms with van der Waals surface area (Å²) in [6.45, 7) is 4.94. The first-order valence-corrected chi connectivity index (χ1v) is 6.88. The van der Waals surface area contributed by atoms with Crippen LogP contribution in [-0.4, -0.2) is 37.9 Å². The molecular weight excluding hydrogens is 300 g/mol. The quantitative estimate of drug-likeness (QED) is 0.586. The minimum atomic E-state index is -1.10. The van der Waals surface area contributed by atoms with E-state index in [4.69, 9.17) is 14.2 Å². The van der Waals surface area contributed by atoms with Crippen molar-refractivity contribution in [1.29, 1.82) is 0 Å². The Kier molecular flexibility index (Phi) is 6.86. The number of carboxylic acid groups (broad SMARTS) is 1. The van der Waals surface area contributed by atoms with E-state index in [-0.39, 0.29) is 24.2 Å². The molecule has 0 aromatic heterocycles. The maximum Gasteiger partial charge on any atom is 0.333 e. The van der Waals surface area contributed by atoms with E-state index in [2.05, 4.69) is 6.58 Å². The molecule has 0 amide bonds. The second-order valence-electron chi connectivity index (χ2n) is 4.72. The van der Waals surface area contributed by atoms with Gasteiger partial charge in [0.25, 0.3) is 0 Å². The van der Waals surface area contributed by atoms with Crippen molar-refractivity contribution in [3.63, 3.8) is 0 Å². The lowest BCUT2D eigenvalue weighted by atomic mass is 10.1. The lowest BCUT2D eigenvalue weighted by Crippen LogP contribution is -2.10. The molecule has 0 aliphatic heterocycles. The molecule has 6 nitrogen and oxygen atoms in total. The summed E-state index contributed by atoms with van der Waals surface area (Å²) in [5, 5.41) is 9.30. The fourth-order valence-electron chi connectivity index (χ4n) is 1.83. The van der Waals surface area contributed by atoms with Gasteiger partial charge in [0.1, 0.15) is 0 Å². The molecule has 0 unspecified atom stereocenters. The van der Waals surface area contributed by atoms with Crippen molar-refractivity contribution >= 4 is 18.0 Å². The Labute approximate surface area is 135 Å². The van der Waals surface area contributed by atoms with Crippen LogP contribution in [0.25, 0.3) is 6.08 Å². The van der Waals surface area contributed by atoms with E-state index >= 15 is 0 Å². The maximum absolute atomic E-state index is 11.4. The van der Waals surface area contributed by atoms with Crippen molar-refractivity contribution in [2.45, 2.75) is 13.3 Å². The van der Waals surface area contributed by atoms with Gasteiger partial charge in [-0.2, -0.15) is 0 Å². The molecule has 0 spiro atoms. The lowest BCUT2D eigenvalue weighted by molar-refractivity contribution is -0.139. The van der Waals surface area contributed by atoms with Gasteiger partial charge in [-0.3, -0.25) is 0 Å². The Hall–Kier alpha value is -2.76. The van der Waals surface area contributed by atoms with E-state index in [1.165, 1.54) is 27.2 Å². The highest BCUT2D eigenvalue weighted by Gasteiger charge is 2.13. The zero-order valence-corrected chi connectivity index (χ0v) is 13.4. The molecule has 0 aliphatic rings. The van der Waals surface area contributed by atoms with Gasteiger partial charge >= 0.3 is 11.9 Å². The number of para-hydroxylation sites is 1. The van der Waals surface area contributed by atoms with Gasteiger partial charge in [0.2, 0.25) is 0 Å². The first-order chi connectivity index (χ1) is 10.9. The normalized spacial score (nSPS) is 10.8. The monoisotopic (exact) mass is 320 g/mol. The van der Waals surface area contributed by atoms with Gasteiger partial charge in [0.05, 0.1) is 20.8 Å². The van der Waals surface area contributed by atoms with Crippen LogP contribution in [-0.2, 0) is 14.3 Å². The van der Waals surface area contributed by atoms with Gasteiger partial charge in [0, 0.05) is 23.1 Å². The zero-order valence-electron chi connectivity index (χ0n) is 13.4. The predicted octanol–water partition coefficient (Wildman–Crippen LogP) is 2.68. The van der Waals surface area contributed by atoms with E-state index in [0.29, 0.717) is 17.1 Å². The van der Waals surface area contributed by atoms with Gasteiger partial charge in [-0.05, 0) is 19.1 Å². The average molecular weight is 320 g/mol. The molecule has 0 saturated carbocycles. The van der Waals surface area contributed by atoms with Gasteiger partial charge in [-0.15, -0.1) is 0 Å². The van der Waals surface area contributed by atoms with Crippen molar-refractivity contribution in [3.05, 3.63) is 41.5 Å². The minimum Gasteiger partial charge on any atom is -0.493 e. The first-order valence-electron chi connectivity index (χ1n) is 6.88. The highest BCUT2D eigenvalue weighted by Crippen LogP contribution is 2.32. The highest BCUT2D eigenvalue weighted by molar-refractivity contribution is 5.93. The number of hydrogen-bond donors (Lipinski definition) is 1. The van der Waals surface area contributed by atoms with Crippen LogP contribution in [0, 0.1) is 0 Å². The van der Waals surface area contributed by atoms with E-state index in [1.807, 2.05) is 0 Å². The number of carboxylic acids is 1. The molecular formula is C17H20O6. The molecule has 23 heavy (non-hydrogen) atoms. The number of hydrogen-bond acceptors (Lipinski definition) is 5. The van der Waals surface area contributed by atoms with Crippen LogP contribution < -0.4 is 9.47 Å². The van der Waals surface area contributed by atoms with Crippen LogP contribution in [0.3, 0.4) is 0 Å². The molecule has 6 heteroatoms. The zero-order chi connectivity index (χ0) is 17.4. The summed E-state index contributed by atoms with van der Waals surface area (Å²) in [6, 6.07) is 5.16. The van der Waals surface area contributed by atoms with E-state index in [9.17, 15) is 14.7 Å². The number of rotatable bonds is 8. The van der Waals surface area contributed by atoms with Gasteiger partial charge in [0.15, 0.2) is 11.5 Å². The Morgan fingerprint density at radius 1 is 1.26 bits per heavy atom. The van der Waals surface area contributed by atoms with Gasteiger partial charge in [-0.1, -0.05) is 18.7 Å². The third-order valence-electron chi connectivity index (χ3n) is 2.99. The van der Waals surface area contributed by atoms with Crippen molar-refractivity contribution in [3.8, 4) is 11.5 Å². The van der Waals surface area contributed by atoms with Crippen molar-refractivity contribution in [2.24, 2.45) is 0 Å². The Balaban J connectivity index is 2.98. The number of aliphatic carboxylic acids is 1. The van der Waals surface area contributed by atoms with Crippen LogP contribution >= 0.6 is 0 Å². The minimum absolute atomic E-state index is 0.0455. The molecule has 1 aromatic carbocycles. The lowest BCUT2D eigenvalue weighted by Gasteiger charge is -2.11. The third-order valence-corrected chi connectivity index (χ3v) is 2.99. The second-order valence-corrected chi connectivity index (χ2v) is 4.72. The molecule has 0 bridgehead atoms. The van der Waals surface area contributed by atoms with Crippen LogP contribution in [0.5, 0.6) is 11.5 Å². The molecule has 1 aromatic rings. The summed E-state index contributed by atoms with van der Waals surface area (Å²) in [6.07, 6.45) is 1.53. The van der Waals surface area contributed by atoms with Crippen LogP contribution in [0.1, 0.15) is 18.9 Å².